The van der Waals surface area contributed by atoms with Crippen LogP contribution in [0, 0.1) is 0 Å². The minimum Gasteiger partial charge on any atom is -0.505 e. The zero-order valence-electron chi connectivity index (χ0n) is 17.2. The number of allylic oxidation sites excluding steroid dienone is 1. The molecule has 1 heterocycles. The van der Waals surface area contributed by atoms with Crippen molar-refractivity contribution in [2.45, 2.75) is 4.90 Å². The molecule has 0 saturated heterocycles. The smallest absolute Gasteiger partial charge is 0.265 e. The van der Waals surface area contributed by atoms with Crippen LogP contribution in [0.5, 0.6) is 0 Å². The van der Waals surface area contributed by atoms with Gasteiger partial charge in [0.25, 0.3) is 10.0 Å². The van der Waals surface area contributed by atoms with Crippen LogP contribution in [-0.2, 0) is 14.8 Å². The number of fused-ring (bicyclic) bond motifs is 1. The zero-order valence-corrected chi connectivity index (χ0v) is 18.0. The third kappa shape index (κ3) is 3.65. The number of aliphatic hydroxyl groups excluding tert-OH is 1. The van der Waals surface area contributed by atoms with Gasteiger partial charge in [0, 0.05) is 23.9 Å². The number of carbonyl (C=O) groups excluding carboxylic acids is 2. The Morgan fingerprint density at radius 1 is 0.906 bits per heavy atom. The van der Waals surface area contributed by atoms with Gasteiger partial charge >= 0.3 is 0 Å². The number of Topliss-reactive ketones (excluding diaryl/α,β-unsaturated/α-hetero) is 1. The van der Waals surface area contributed by atoms with E-state index in [-0.39, 0.29) is 16.0 Å². The van der Waals surface area contributed by atoms with E-state index in [2.05, 4.69) is 0 Å². The maximum atomic E-state index is 13.4. The number of ketones is 1. The Balaban J connectivity index is 1.85. The average molecular weight is 449 g/mol. The second kappa shape index (κ2) is 8.32. The van der Waals surface area contributed by atoms with E-state index in [1.165, 1.54) is 30.1 Å². The summed E-state index contributed by atoms with van der Waals surface area (Å²) in [6.45, 7) is -0.653. The van der Waals surface area contributed by atoms with Crippen molar-refractivity contribution in [1.82, 2.24) is 4.31 Å². The van der Waals surface area contributed by atoms with Gasteiger partial charge in [0.05, 0.1) is 4.90 Å². The SMILES string of the molecule is CN(C(=O)CN1/C(=C(/O)c2ccccc2)C(=O)c2ccccc2S1(=O)=O)c1ccccc1. The van der Waals surface area contributed by atoms with Gasteiger partial charge in [-0.1, -0.05) is 60.7 Å². The van der Waals surface area contributed by atoms with E-state index >= 15 is 0 Å². The quantitative estimate of drug-likeness (QED) is 0.487. The Kier molecular flexibility index (Phi) is 5.54. The molecule has 4 rings (SSSR count). The number of para-hydroxylation sites is 1. The number of amides is 1. The first-order valence-corrected chi connectivity index (χ1v) is 11.2. The normalized spacial score (nSPS) is 16.3. The fourth-order valence-electron chi connectivity index (χ4n) is 3.51. The predicted octanol–water partition coefficient (Wildman–Crippen LogP) is 3.46. The molecule has 0 bridgehead atoms. The molecular weight excluding hydrogens is 428 g/mol. The molecule has 0 atom stereocenters. The molecule has 1 N–H and O–H groups in total. The third-order valence-electron chi connectivity index (χ3n) is 5.23. The summed E-state index contributed by atoms with van der Waals surface area (Å²) in [6, 6.07) is 22.6. The lowest BCUT2D eigenvalue weighted by Crippen LogP contribution is -2.45. The lowest BCUT2D eigenvalue weighted by molar-refractivity contribution is -0.118. The van der Waals surface area contributed by atoms with Gasteiger partial charge < -0.3 is 10.0 Å². The van der Waals surface area contributed by atoms with Crippen LogP contribution >= 0.6 is 0 Å². The Hall–Kier alpha value is -3.91. The van der Waals surface area contributed by atoms with E-state index in [4.69, 9.17) is 0 Å². The van der Waals surface area contributed by atoms with Gasteiger partial charge in [-0.2, -0.15) is 0 Å². The molecule has 0 saturated carbocycles. The van der Waals surface area contributed by atoms with Crippen LogP contribution in [0.1, 0.15) is 15.9 Å². The highest BCUT2D eigenvalue weighted by atomic mass is 32.2. The van der Waals surface area contributed by atoms with Crippen molar-refractivity contribution >= 4 is 33.2 Å². The molecule has 0 aromatic heterocycles. The highest BCUT2D eigenvalue weighted by molar-refractivity contribution is 7.89. The summed E-state index contributed by atoms with van der Waals surface area (Å²) in [7, 11) is -2.76. The molecule has 32 heavy (non-hydrogen) atoms. The van der Waals surface area contributed by atoms with E-state index in [0.717, 1.165) is 0 Å². The number of hydrogen-bond donors (Lipinski definition) is 1. The lowest BCUT2D eigenvalue weighted by atomic mass is 10.0. The second-order valence-electron chi connectivity index (χ2n) is 7.19. The average Bonchev–Trinajstić information content (AvgIpc) is 2.83. The first-order valence-electron chi connectivity index (χ1n) is 9.79. The number of carbonyl (C=O) groups is 2. The van der Waals surface area contributed by atoms with Crippen molar-refractivity contribution in [2.24, 2.45) is 0 Å². The van der Waals surface area contributed by atoms with Crippen LogP contribution in [0.25, 0.3) is 5.76 Å². The summed E-state index contributed by atoms with van der Waals surface area (Å²) in [5.74, 6) is -1.75. The molecule has 1 aliphatic rings. The molecule has 3 aromatic rings. The molecule has 0 unspecified atom stereocenters. The van der Waals surface area contributed by atoms with Crippen molar-refractivity contribution < 1.29 is 23.1 Å². The highest BCUT2D eigenvalue weighted by Crippen LogP contribution is 2.35. The van der Waals surface area contributed by atoms with Gasteiger partial charge in [0.1, 0.15) is 12.2 Å². The number of sulfonamides is 1. The molecule has 0 fully saturated rings. The van der Waals surface area contributed by atoms with Gasteiger partial charge in [-0.3, -0.25) is 9.59 Å². The molecular formula is C24H20N2O5S. The first kappa shape index (κ1) is 21.3. The summed E-state index contributed by atoms with van der Waals surface area (Å²) in [6.07, 6.45) is 0. The number of likely N-dealkylation sites (N-methyl/N-ethyl adjacent to an activating group) is 1. The van der Waals surface area contributed by atoms with Crippen molar-refractivity contribution in [3.63, 3.8) is 0 Å². The fourth-order valence-corrected chi connectivity index (χ4v) is 5.12. The van der Waals surface area contributed by atoms with E-state index in [1.54, 1.807) is 66.7 Å². The van der Waals surface area contributed by atoms with Gasteiger partial charge in [-0.25, -0.2) is 12.7 Å². The van der Waals surface area contributed by atoms with Crippen LogP contribution in [0.4, 0.5) is 5.69 Å². The minimum absolute atomic E-state index is 0.0508. The molecule has 8 heteroatoms. The van der Waals surface area contributed by atoms with Crippen molar-refractivity contribution in [3.8, 4) is 0 Å². The summed E-state index contributed by atoms with van der Waals surface area (Å²) in [4.78, 5) is 27.4. The third-order valence-corrected chi connectivity index (χ3v) is 7.04. The number of benzene rings is 3. The standard InChI is InChI=1S/C24H20N2O5S/c1-25(18-12-6-3-7-13-18)21(27)16-26-22(23(28)17-10-4-2-5-11-17)24(29)19-14-8-9-15-20(19)32(26,30)31/h2-15,28H,16H2,1H3/b23-22+. The maximum absolute atomic E-state index is 13.4. The highest BCUT2D eigenvalue weighted by Gasteiger charge is 2.42. The first-order chi connectivity index (χ1) is 15.3. The van der Waals surface area contributed by atoms with Gasteiger partial charge in [0.2, 0.25) is 11.7 Å². The summed E-state index contributed by atoms with van der Waals surface area (Å²) >= 11 is 0. The van der Waals surface area contributed by atoms with E-state index in [9.17, 15) is 23.1 Å². The summed E-state index contributed by atoms with van der Waals surface area (Å²) in [5.41, 5.74) is 0.325. The van der Waals surface area contributed by atoms with E-state index in [0.29, 0.717) is 9.99 Å². The number of rotatable bonds is 4. The molecule has 1 amide bonds. The largest absolute Gasteiger partial charge is 0.505 e. The Bertz CT molecular complexity index is 1320. The number of aliphatic hydroxyl groups is 1. The fraction of sp³-hybridized carbons (Fsp3) is 0.0833. The van der Waals surface area contributed by atoms with Crippen LogP contribution < -0.4 is 4.90 Å². The summed E-state index contributed by atoms with van der Waals surface area (Å²) < 4.78 is 27.6. The van der Waals surface area contributed by atoms with Crippen LogP contribution in [0.3, 0.4) is 0 Å². The Morgan fingerprint density at radius 2 is 1.47 bits per heavy atom. The molecule has 1 aliphatic heterocycles. The topological polar surface area (TPSA) is 95.0 Å². The minimum atomic E-state index is -4.28. The Labute approximate surface area is 185 Å². The summed E-state index contributed by atoms with van der Waals surface area (Å²) in [5, 5.41) is 10.9. The molecule has 0 radical (unpaired) electrons. The van der Waals surface area contributed by atoms with Crippen molar-refractivity contribution in [1.29, 1.82) is 0 Å². The molecule has 7 nitrogen and oxygen atoms in total. The second-order valence-corrected chi connectivity index (χ2v) is 9.02. The zero-order chi connectivity index (χ0) is 22.9. The van der Waals surface area contributed by atoms with E-state index < -0.39 is 39.7 Å². The number of anilines is 1. The lowest BCUT2D eigenvalue weighted by Gasteiger charge is -2.32. The van der Waals surface area contributed by atoms with Crippen molar-refractivity contribution in [3.05, 3.63) is 102 Å². The Morgan fingerprint density at radius 3 is 2.12 bits per heavy atom. The molecule has 0 spiro atoms. The van der Waals surface area contributed by atoms with Gasteiger partial charge in [-0.05, 0) is 24.3 Å². The molecule has 162 valence electrons. The van der Waals surface area contributed by atoms with Crippen LogP contribution in [0.2, 0.25) is 0 Å². The van der Waals surface area contributed by atoms with Crippen LogP contribution in [0.15, 0.2) is 95.5 Å². The maximum Gasteiger partial charge on any atom is 0.265 e. The van der Waals surface area contributed by atoms with Crippen LogP contribution in [-0.4, -0.2) is 43.1 Å². The number of nitrogens with zero attached hydrogens (tertiary/aromatic N) is 2. The monoisotopic (exact) mass is 448 g/mol. The predicted molar refractivity (Wildman–Crippen MR) is 121 cm³/mol. The molecule has 3 aromatic carbocycles. The number of hydrogen-bond acceptors (Lipinski definition) is 5. The van der Waals surface area contributed by atoms with Gasteiger partial charge in [0.15, 0.2) is 5.76 Å². The molecule has 0 aliphatic carbocycles. The van der Waals surface area contributed by atoms with E-state index in [1.807, 2.05) is 0 Å². The van der Waals surface area contributed by atoms with Gasteiger partial charge in [-0.15, -0.1) is 0 Å². The van der Waals surface area contributed by atoms with Crippen molar-refractivity contribution in [2.75, 3.05) is 18.5 Å².